The highest BCUT2D eigenvalue weighted by atomic mass is 35.5. The topological polar surface area (TPSA) is 38.2 Å². The third-order valence-electron chi connectivity index (χ3n) is 4.35. The van der Waals surface area contributed by atoms with Crippen molar-refractivity contribution in [1.82, 2.24) is 9.97 Å². The molecule has 1 aromatic heterocycles. The Balaban J connectivity index is 1.60. The van der Waals surface area contributed by atoms with Crippen LogP contribution in [0.5, 0.6) is 0 Å². The first-order valence-corrected chi connectivity index (χ1v) is 7.18. The van der Waals surface area contributed by atoms with Gasteiger partial charge in [0.25, 0.3) is 0 Å². The van der Waals surface area contributed by atoms with Crippen molar-refractivity contribution in [2.45, 2.75) is 43.2 Å². The van der Waals surface area contributed by atoms with Crippen molar-refractivity contribution in [2.75, 3.05) is 18.1 Å². The summed E-state index contributed by atoms with van der Waals surface area (Å²) >= 11 is 6.03. The molecule has 4 rings (SSSR count). The smallest absolute Gasteiger partial charge is 0.249 e. The molecule has 0 amide bonds. The number of alkyl halides is 2. The van der Waals surface area contributed by atoms with E-state index in [1.807, 2.05) is 0 Å². The third kappa shape index (κ3) is 2.05. The van der Waals surface area contributed by atoms with Crippen molar-refractivity contribution < 1.29 is 13.5 Å². The Labute approximate surface area is 120 Å². The van der Waals surface area contributed by atoms with Crippen molar-refractivity contribution >= 4 is 17.4 Å². The van der Waals surface area contributed by atoms with Crippen LogP contribution in [0.15, 0.2) is 6.07 Å². The number of nitrogens with zero attached hydrogens (tertiary/aromatic N) is 3. The predicted molar refractivity (Wildman–Crippen MR) is 69.5 cm³/mol. The zero-order valence-corrected chi connectivity index (χ0v) is 11.5. The van der Waals surface area contributed by atoms with Crippen molar-refractivity contribution in [2.24, 2.45) is 0 Å². The van der Waals surface area contributed by atoms with E-state index < -0.39 is 5.92 Å². The van der Waals surface area contributed by atoms with Gasteiger partial charge in [-0.2, -0.15) is 0 Å². The van der Waals surface area contributed by atoms with E-state index in [1.165, 1.54) is 0 Å². The van der Waals surface area contributed by atoms with E-state index in [0.29, 0.717) is 23.6 Å². The summed E-state index contributed by atoms with van der Waals surface area (Å²) in [5, 5.41) is 0.323. The maximum atomic E-state index is 13.0. The molecule has 1 aliphatic carbocycles. The minimum Gasteiger partial charge on any atom is -0.374 e. The van der Waals surface area contributed by atoms with E-state index in [1.54, 1.807) is 6.07 Å². The average molecular weight is 302 g/mol. The number of hydrogen-bond donors (Lipinski definition) is 0. The van der Waals surface area contributed by atoms with Crippen LogP contribution >= 0.6 is 11.6 Å². The number of rotatable bonds is 2. The summed E-state index contributed by atoms with van der Waals surface area (Å²) in [6, 6.07) is 2.03. The molecule has 3 heterocycles. The monoisotopic (exact) mass is 301 g/mol. The van der Waals surface area contributed by atoms with Crippen LogP contribution in [-0.2, 0) is 4.74 Å². The van der Waals surface area contributed by atoms with E-state index in [0.717, 1.165) is 18.8 Å². The van der Waals surface area contributed by atoms with E-state index in [2.05, 4.69) is 14.9 Å². The van der Waals surface area contributed by atoms with Gasteiger partial charge in [0.05, 0.1) is 18.8 Å². The van der Waals surface area contributed by atoms with Crippen molar-refractivity contribution in [1.29, 1.82) is 0 Å². The molecule has 2 atom stereocenters. The zero-order chi connectivity index (χ0) is 13.9. The van der Waals surface area contributed by atoms with Gasteiger partial charge in [0.15, 0.2) is 0 Å². The van der Waals surface area contributed by atoms with Crippen LogP contribution in [0.3, 0.4) is 0 Å². The van der Waals surface area contributed by atoms with Crippen LogP contribution in [0, 0.1) is 0 Å². The quantitative estimate of drug-likeness (QED) is 0.787. The number of anilines is 1. The van der Waals surface area contributed by atoms with Gasteiger partial charge in [-0.05, 0) is 6.42 Å². The third-order valence-corrected chi connectivity index (χ3v) is 4.54. The molecule has 20 heavy (non-hydrogen) atoms. The normalized spacial score (nSPS) is 31.6. The molecule has 1 aromatic rings. The summed E-state index contributed by atoms with van der Waals surface area (Å²) in [4.78, 5) is 10.7. The Morgan fingerprint density at radius 2 is 2.15 bits per heavy atom. The zero-order valence-electron chi connectivity index (χ0n) is 10.7. The molecule has 2 bridgehead atoms. The summed E-state index contributed by atoms with van der Waals surface area (Å²) < 4.78 is 31.5. The number of halogens is 3. The lowest BCUT2D eigenvalue weighted by atomic mass is 9.81. The molecule has 2 saturated heterocycles. The van der Waals surface area contributed by atoms with Crippen LogP contribution in [-0.4, -0.2) is 41.2 Å². The first kappa shape index (κ1) is 12.7. The second kappa shape index (κ2) is 4.24. The molecule has 7 heteroatoms. The molecule has 0 radical (unpaired) electrons. The van der Waals surface area contributed by atoms with Gasteiger partial charge < -0.3 is 9.64 Å². The Kier molecular flexibility index (Phi) is 2.70. The van der Waals surface area contributed by atoms with E-state index in [9.17, 15) is 8.78 Å². The number of fused-ring (bicyclic) bond motifs is 2. The lowest BCUT2D eigenvalue weighted by Crippen LogP contribution is -2.38. The molecule has 0 aromatic carbocycles. The lowest BCUT2D eigenvalue weighted by Gasteiger charge is -2.34. The van der Waals surface area contributed by atoms with Crippen LogP contribution < -0.4 is 4.90 Å². The maximum Gasteiger partial charge on any atom is 0.249 e. The van der Waals surface area contributed by atoms with Crippen LogP contribution in [0.1, 0.15) is 31.0 Å². The molecule has 0 unspecified atom stereocenters. The average Bonchev–Trinajstić information content (AvgIpc) is 2.97. The predicted octanol–water partition coefficient (Wildman–Crippen LogP) is 2.62. The molecular weight excluding hydrogens is 288 g/mol. The molecule has 1 saturated carbocycles. The van der Waals surface area contributed by atoms with E-state index >= 15 is 0 Å². The van der Waals surface area contributed by atoms with Gasteiger partial charge in [-0.1, -0.05) is 11.6 Å². The molecule has 4 nitrogen and oxygen atoms in total. The summed E-state index contributed by atoms with van der Waals surface area (Å²) in [5.41, 5.74) is 0. The highest BCUT2D eigenvalue weighted by Crippen LogP contribution is 2.47. The van der Waals surface area contributed by atoms with Crippen LogP contribution in [0.25, 0.3) is 0 Å². The fourth-order valence-electron chi connectivity index (χ4n) is 3.28. The first-order chi connectivity index (χ1) is 9.50. The lowest BCUT2D eigenvalue weighted by molar-refractivity contribution is -0.0885. The van der Waals surface area contributed by atoms with Crippen LogP contribution in [0.4, 0.5) is 14.6 Å². The highest BCUT2D eigenvalue weighted by Gasteiger charge is 2.48. The molecule has 2 aliphatic heterocycles. The number of morpholine rings is 1. The van der Waals surface area contributed by atoms with Gasteiger partial charge in [-0.15, -0.1) is 0 Å². The number of hydrogen-bond acceptors (Lipinski definition) is 4. The molecule has 0 spiro atoms. The SMILES string of the molecule is FC1(F)CC(c2nc(Cl)cc(N3C[C@@H]4C[C@H]3CO4)n2)C1. The molecule has 3 aliphatic rings. The molecule has 0 N–H and O–H groups in total. The fraction of sp³-hybridized carbons (Fsp3) is 0.692. The Bertz CT molecular complexity index is 548. The summed E-state index contributed by atoms with van der Waals surface area (Å²) in [6.45, 7) is 1.49. The minimum absolute atomic E-state index is 0.179. The first-order valence-electron chi connectivity index (χ1n) is 6.81. The standard InChI is InChI=1S/C13H14ClF2N3O/c14-10-2-11(19-5-9-1-8(19)6-20-9)18-12(17-10)7-3-13(15,16)4-7/h2,7-9H,1,3-6H2/t8-,9-/m0/s1. The highest BCUT2D eigenvalue weighted by molar-refractivity contribution is 6.29. The summed E-state index contributed by atoms with van der Waals surface area (Å²) in [7, 11) is 0. The Morgan fingerprint density at radius 3 is 2.75 bits per heavy atom. The van der Waals surface area contributed by atoms with Crippen LogP contribution in [0.2, 0.25) is 5.15 Å². The number of aromatic nitrogens is 2. The van der Waals surface area contributed by atoms with Crippen molar-refractivity contribution in [3.8, 4) is 0 Å². The summed E-state index contributed by atoms with van der Waals surface area (Å²) in [6.07, 6.45) is 0.896. The van der Waals surface area contributed by atoms with E-state index in [-0.39, 0.29) is 24.9 Å². The van der Waals surface area contributed by atoms with E-state index in [4.69, 9.17) is 16.3 Å². The van der Waals surface area contributed by atoms with Gasteiger partial charge in [0, 0.05) is 31.4 Å². The van der Waals surface area contributed by atoms with Crippen molar-refractivity contribution in [3.63, 3.8) is 0 Å². The van der Waals surface area contributed by atoms with Crippen molar-refractivity contribution in [3.05, 3.63) is 17.0 Å². The minimum atomic E-state index is -2.57. The van der Waals surface area contributed by atoms with Gasteiger partial charge in [0.1, 0.15) is 16.8 Å². The Morgan fingerprint density at radius 1 is 1.35 bits per heavy atom. The number of ether oxygens (including phenoxy) is 1. The van der Waals surface area contributed by atoms with Gasteiger partial charge in [-0.25, -0.2) is 18.7 Å². The van der Waals surface area contributed by atoms with Gasteiger partial charge >= 0.3 is 0 Å². The largest absolute Gasteiger partial charge is 0.374 e. The maximum absolute atomic E-state index is 13.0. The molecule has 3 fully saturated rings. The van der Waals surface area contributed by atoms with Gasteiger partial charge in [0.2, 0.25) is 5.92 Å². The second-order valence-electron chi connectivity index (χ2n) is 5.87. The summed E-state index contributed by atoms with van der Waals surface area (Å²) in [5.74, 6) is -1.66. The molecular formula is C13H14ClF2N3O. The Hall–Kier alpha value is -1.01. The van der Waals surface area contributed by atoms with Gasteiger partial charge in [-0.3, -0.25) is 0 Å². The second-order valence-corrected chi connectivity index (χ2v) is 6.25. The molecule has 108 valence electrons. The fourth-order valence-corrected chi connectivity index (χ4v) is 3.46.